The molecule has 2 aliphatic heterocycles. The van der Waals surface area contributed by atoms with E-state index < -0.39 is 0 Å². The number of rotatable bonds is 8. The summed E-state index contributed by atoms with van der Waals surface area (Å²) in [5.74, 6) is 2.64. The van der Waals surface area contributed by atoms with E-state index in [0.29, 0.717) is 11.9 Å². The summed E-state index contributed by atoms with van der Waals surface area (Å²) in [4.78, 5) is 21.0. The molecule has 0 aliphatic carbocycles. The number of fused-ring (bicyclic) bond motifs is 4. The topological polar surface area (TPSA) is 151 Å². The first-order valence-electron chi connectivity index (χ1n) is 22.3. The van der Waals surface area contributed by atoms with Gasteiger partial charge in [0.1, 0.15) is 0 Å². The number of nitrogens with one attached hydrogen (secondary N) is 5. The van der Waals surface area contributed by atoms with E-state index in [1.807, 2.05) is 26.5 Å². The third-order valence-electron chi connectivity index (χ3n) is 12.8. The van der Waals surface area contributed by atoms with E-state index in [9.17, 15) is 0 Å². The van der Waals surface area contributed by atoms with E-state index >= 15 is 0 Å². The molecule has 0 fully saturated rings. The highest BCUT2D eigenvalue weighted by Crippen LogP contribution is 2.36. The molecule has 0 saturated heterocycles. The lowest BCUT2D eigenvalue weighted by Crippen LogP contribution is -2.39. The first kappa shape index (κ1) is 43.4. The number of hydrogen-bond donors (Lipinski definition) is 5. The van der Waals surface area contributed by atoms with Crippen molar-refractivity contribution in [3.8, 4) is 0 Å². The quantitative estimate of drug-likeness (QED) is 0.0989. The Kier molecular flexibility index (Phi) is 11.3. The molecule has 14 heteroatoms. The van der Waals surface area contributed by atoms with E-state index in [1.165, 1.54) is 44.5 Å². The number of likely N-dealkylation sites (N-methyl/N-ethyl adjacent to an activating group) is 1. The van der Waals surface area contributed by atoms with Crippen LogP contribution >= 0.6 is 0 Å². The second kappa shape index (κ2) is 16.9. The second-order valence-corrected chi connectivity index (χ2v) is 19.1. The molecule has 0 spiro atoms. The van der Waals surface area contributed by atoms with Gasteiger partial charge >= 0.3 is 0 Å². The van der Waals surface area contributed by atoms with Crippen molar-refractivity contribution in [2.24, 2.45) is 14.1 Å². The SMILES string of the molecule is Cc1cccc(C)c1Nc1nn(C)c2nc(Nc3ccc4c(c3)CN(C)CC4(C)C)ncc12.Cc1cccc(C)c1Nc1nn(C)c2nc(Nc3ccc4c(c3)CNCC4(C)C)ncc12. The molecule has 0 saturated carbocycles. The van der Waals surface area contributed by atoms with E-state index in [-0.39, 0.29) is 10.8 Å². The molecule has 4 aromatic heterocycles. The van der Waals surface area contributed by atoms with Gasteiger partial charge in [0.25, 0.3) is 0 Å². The van der Waals surface area contributed by atoms with Crippen LogP contribution in [0.3, 0.4) is 0 Å². The fourth-order valence-corrected chi connectivity index (χ4v) is 9.55. The van der Waals surface area contributed by atoms with Gasteiger partial charge < -0.3 is 31.5 Å². The third-order valence-corrected chi connectivity index (χ3v) is 12.8. The third kappa shape index (κ3) is 8.71. The average molecular weight is 869 g/mol. The standard InChI is InChI=1S/C26H31N7.C25H29N7/c1-16-8-7-9-17(2)22(16)29-23-20-13-27-25(30-24(20)33(6)31-23)28-19-10-11-21-18(12-19)14-32(5)15-26(21,3)4;1-15-7-6-8-16(2)21(15)29-22-19-13-27-24(30-23(19)32(5)31-22)28-18-9-10-20-17(11-18)12-26-14-25(20,3)4/h7-13H,14-15H2,1-6H3,(H,29,31)(H,27,28,30);6-11,13,26H,12,14H2,1-5H3,(H,29,31)(H,27,28,30). The minimum Gasteiger partial charge on any atom is -0.338 e. The molecule has 6 heterocycles. The van der Waals surface area contributed by atoms with Gasteiger partial charge in [0.2, 0.25) is 11.9 Å². The Bertz CT molecular complexity index is 3050. The van der Waals surface area contributed by atoms with Crippen molar-refractivity contribution in [2.75, 3.05) is 41.4 Å². The molecule has 0 amide bonds. The second-order valence-electron chi connectivity index (χ2n) is 19.1. The highest BCUT2D eigenvalue weighted by Gasteiger charge is 2.30. The summed E-state index contributed by atoms with van der Waals surface area (Å²) in [7, 11) is 5.99. The van der Waals surface area contributed by atoms with E-state index in [4.69, 9.17) is 9.97 Å². The highest BCUT2D eigenvalue weighted by molar-refractivity contribution is 5.91. The molecule has 2 aliphatic rings. The summed E-state index contributed by atoms with van der Waals surface area (Å²) < 4.78 is 3.58. The Morgan fingerprint density at radius 1 is 0.569 bits per heavy atom. The zero-order chi connectivity index (χ0) is 45.8. The van der Waals surface area contributed by atoms with Gasteiger partial charge in [0.15, 0.2) is 22.9 Å². The van der Waals surface area contributed by atoms with Crippen LogP contribution in [-0.2, 0) is 38.0 Å². The maximum atomic E-state index is 4.76. The molecule has 0 atom stereocenters. The lowest BCUT2D eigenvalue weighted by Gasteiger charge is -2.38. The van der Waals surface area contributed by atoms with Crippen molar-refractivity contribution < 1.29 is 0 Å². The van der Waals surface area contributed by atoms with Crippen LogP contribution in [-0.4, -0.2) is 64.5 Å². The van der Waals surface area contributed by atoms with Gasteiger partial charge in [0, 0.05) is 86.2 Å². The van der Waals surface area contributed by atoms with Crippen LogP contribution < -0.4 is 26.6 Å². The van der Waals surface area contributed by atoms with Crippen LogP contribution in [0.5, 0.6) is 0 Å². The van der Waals surface area contributed by atoms with Crippen molar-refractivity contribution in [1.82, 2.24) is 49.7 Å². The average Bonchev–Trinajstić information content (AvgIpc) is 3.73. The number of benzene rings is 4. The smallest absolute Gasteiger partial charge is 0.229 e. The highest BCUT2D eigenvalue weighted by atomic mass is 15.3. The predicted octanol–water partition coefficient (Wildman–Crippen LogP) is 10.0. The van der Waals surface area contributed by atoms with Crippen molar-refractivity contribution in [2.45, 2.75) is 79.3 Å². The first-order chi connectivity index (χ1) is 31.0. The van der Waals surface area contributed by atoms with Crippen molar-refractivity contribution >= 4 is 68.3 Å². The summed E-state index contributed by atoms with van der Waals surface area (Å²) in [5, 5.41) is 28.3. The van der Waals surface area contributed by atoms with Crippen LogP contribution in [0.1, 0.15) is 72.2 Å². The van der Waals surface area contributed by atoms with E-state index in [1.54, 1.807) is 9.36 Å². The maximum Gasteiger partial charge on any atom is 0.229 e. The van der Waals surface area contributed by atoms with E-state index in [2.05, 4.69) is 187 Å². The fourth-order valence-electron chi connectivity index (χ4n) is 9.55. The van der Waals surface area contributed by atoms with Crippen molar-refractivity contribution in [1.29, 1.82) is 0 Å². The molecule has 0 unspecified atom stereocenters. The van der Waals surface area contributed by atoms with Crippen LogP contribution in [0.4, 0.5) is 46.3 Å². The van der Waals surface area contributed by atoms with Crippen LogP contribution in [0.15, 0.2) is 85.2 Å². The van der Waals surface area contributed by atoms with E-state index in [0.717, 1.165) is 82.6 Å². The Morgan fingerprint density at radius 3 is 1.52 bits per heavy atom. The largest absolute Gasteiger partial charge is 0.338 e. The van der Waals surface area contributed by atoms with Crippen molar-refractivity contribution in [3.63, 3.8) is 0 Å². The predicted molar refractivity (Wildman–Crippen MR) is 265 cm³/mol. The Labute approximate surface area is 381 Å². The zero-order valence-corrected chi connectivity index (χ0v) is 39.4. The summed E-state index contributed by atoms with van der Waals surface area (Å²) in [5.41, 5.74) is 16.1. The van der Waals surface area contributed by atoms with Gasteiger partial charge in [-0.05, 0) is 104 Å². The summed E-state index contributed by atoms with van der Waals surface area (Å²) >= 11 is 0. The molecule has 65 heavy (non-hydrogen) atoms. The fraction of sp³-hybridized carbons (Fsp3) is 0.333. The lowest BCUT2D eigenvalue weighted by atomic mass is 9.78. The number of aryl methyl sites for hydroxylation is 6. The normalized spacial score (nSPS) is 15.2. The van der Waals surface area contributed by atoms with Gasteiger partial charge in [-0.25, -0.2) is 19.3 Å². The molecule has 0 bridgehead atoms. The van der Waals surface area contributed by atoms with Crippen LogP contribution in [0.25, 0.3) is 22.1 Å². The van der Waals surface area contributed by atoms with Gasteiger partial charge in [-0.15, -0.1) is 0 Å². The first-order valence-corrected chi connectivity index (χ1v) is 22.3. The number of para-hydroxylation sites is 2. The monoisotopic (exact) mass is 869 g/mol. The Hall–Kier alpha value is -6.90. The molecular weight excluding hydrogens is 809 g/mol. The zero-order valence-electron chi connectivity index (χ0n) is 39.4. The number of anilines is 8. The molecule has 5 N–H and O–H groups in total. The number of aromatic nitrogens is 8. The summed E-state index contributed by atoms with van der Waals surface area (Å²) in [6.07, 6.45) is 3.67. The van der Waals surface area contributed by atoms with Gasteiger partial charge in [-0.3, -0.25) is 0 Å². The minimum absolute atomic E-state index is 0.134. The molecule has 10 rings (SSSR count). The molecule has 14 nitrogen and oxygen atoms in total. The lowest BCUT2D eigenvalue weighted by molar-refractivity contribution is 0.236. The maximum absolute atomic E-state index is 4.76. The summed E-state index contributed by atoms with van der Waals surface area (Å²) in [6, 6.07) is 25.6. The minimum atomic E-state index is 0.134. The molecule has 8 aromatic rings. The van der Waals surface area contributed by atoms with Gasteiger partial charge in [0.05, 0.1) is 10.8 Å². The number of nitrogens with zero attached hydrogens (tertiary/aromatic N) is 9. The van der Waals surface area contributed by atoms with Crippen LogP contribution in [0, 0.1) is 27.7 Å². The van der Waals surface area contributed by atoms with Crippen molar-refractivity contribution in [3.05, 3.63) is 130 Å². The molecule has 334 valence electrons. The number of hydrogen-bond acceptors (Lipinski definition) is 12. The van der Waals surface area contributed by atoms with Crippen LogP contribution in [0.2, 0.25) is 0 Å². The molecular formula is C51H60N14. The van der Waals surface area contributed by atoms with Gasteiger partial charge in [-0.2, -0.15) is 20.2 Å². The Balaban J connectivity index is 0.000000164. The van der Waals surface area contributed by atoms with Gasteiger partial charge in [-0.1, -0.05) is 76.2 Å². The summed E-state index contributed by atoms with van der Waals surface area (Å²) in [6.45, 7) is 21.4. The molecule has 0 radical (unpaired) electrons. The molecule has 4 aromatic carbocycles. The Morgan fingerprint density at radius 2 is 1.03 bits per heavy atom.